The summed E-state index contributed by atoms with van der Waals surface area (Å²) >= 11 is 4.81. The van der Waals surface area contributed by atoms with Gasteiger partial charge in [-0.25, -0.2) is 0 Å². The Kier molecular flexibility index (Phi) is 5.69. The van der Waals surface area contributed by atoms with Crippen LogP contribution < -0.4 is 10.6 Å². The van der Waals surface area contributed by atoms with Crippen LogP contribution in [0.1, 0.15) is 12.8 Å². The van der Waals surface area contributed by atoms with Crippen molar-refractivity contribution in [2.24, 2.45) is 0 Å². The summed E-state index contributed by atoms with van der Waals surface area (Å²) in [6, 6.07) is 7.74. The van der Waals surface area contributed by atoms with Crippen molar-refractivity contribution >= 4 is 50.7 Å². The fourth-order valence-electron chi connectivity index (χ4n) is 2.11. The molecule has 21 heavy (non-hydrogen) atoms. The van der Waals surface area contributed by atoms with Gasteiger partial charge in [-0.1, -0.05) is 39.4 Å². The fraction of sp³-hybridized carbons (Fsp3) is 0.308. The van der Waals surface area contributed by atoms with Crippen LogP contribution in [0.25, 0.3) is 10.6 Å². The first-order chi connectivity index (χ1) is 9.72. The largest absolute Gasteiger partial charge is 0.306 e. The van der Waals surface area contributed by atoms with Crippen LogP contribution in [-0.2, 0) is 4.79 Å². The monoisotopic (exact) mass is 388 g/mol. The molecule has 1 unspecified atom stereocenters. The van der Waals surface area contributed by atoms with Crippen molar-refractivity contribution < 1.29 is 4.79 Å². The number of halogens is 2. The van der Waals surface area contributed by atoms with Crippen molar-refractivity contribution in [2.75, 3.05) is 11.9 Å². The highest BCUT2D eigenvalue weighted by atomic mass is 79.9. The second-order valence-corrected chi connectivity index (χ2v) is 6.45. The molecule has 2 heterocycles. The average molecular weight is 390 g/mol. The summed E-state index contributed by atoms with van der Waals surface area (Å²) in [6.07, 6.45) is 1.92. The van der Waals surface area contributed by atoms with Gasteiger partial charge in [0.1, 0.15) is 5.01 Å². The third-order valence-corrected chi connectivity index (χ3v) is 4.48. The molecule has 1 atom stereocenters. The number of hydrogen-bond donors (Lipinski definition) is 2. The second kappa shape index (κ2) is 7.31. The maximum atomic E-state index is 12.0. The number of rotatable bonds is 3. The van der Waals surface area contributed by atoms with Gasteiger partial charge in [0, 0.05) is 10.0 Å². The Morgan fingerprint density at radius 3 is 3.00 bits per heavy atom. The number of nitrogens with zero attached hydrogens (tertiary/aromatic N) is 2. The summed E-state index contributed by atoms with van der Waals surface area (Å²) in [4.78, 5) is 12.0. The van der Waals surface area contributed by atoms with Crippen molar-refractivity contribution in [1.82, 2.24) is 15.5 Å². The van der Waals surface area contributed by atoms with Gasteiger partial charge < -0.3 is 5.32 Å². The molecule has 0 spiro atoms. The Labute approximate surface area is 141 Å². The zero-order valence-corrected chi connectivity index (χ0v) is 14.2. The van der Waals surface area contributed by atoms with E-state index in [2.05, 4.69) is 36.8 Å². The van der Waals surface area contributed by atoms with Crippen molar-refractivity contribution in [1.29, 1.82) is 0 Å². The number of nitrogens with one attached hydrogen (secondary N) is 2. The number of amides is 1. The minimum absolute atomic E-state index is 0. The lowest BCUT2D eigenvalue weighted by atomic mass is 10.2. The Balaban J connectivity index is 0.00000161. The molecule has 112 valence electrons. The lowest BCUT2D eigenvalue weighted by Gasteiger charge is -2.07. The number of benzene rings is 1. The molecule has 0 saturated carbocycles. The van der Waals surface area contributed by atoms with Crippen LogP contribution in [0.5, 0.6) is 0 Å². The minimum atomic E-state index is -0.104. The number of aromatic nitrogens is 2. The van der Waals surface area contributed by atoms with E-state index < -0.39 is 0 Å². The second-order valence-electron chi connectivity index (χ2n) is 4.56. The van der Waals surface area contributed by atoms with Gasteiger partial charge in [-0.15, -0.1) is 22.6 Å². The van der Waals surface area contributed by atoms with Gasteiger partial charge in [0.2, 0.25) is 11.0 Å². The first-order valence-electron chi connectivity index (χ1n) is 6.36. The summed E-state index contributed by atoms with van der Waals surface area (Å²) in [6.45, 7) is 0.900. The standard InChI is InChI=1S/C13H13BrN4OS.ClH/c14-9-4-1-3-8(7-9)12-17-18-13(20-12)16-11(19)10-5-2-6-15-10;/h1,3-4,7,10,15H,2,5-6H2,(H,16,18,19);1H. The van der Waals surface area contributed by atoms with Crippen LogP contribution in [0.4, 0.5) is 5.13 Å². The molecule has 3 rings (SSSR count). The van der Waals surface area contributed by atoms with E-state index in [0.29, 0.717) is 5.13 Å². The highest BCUT2D eigenvalue weighted by Gasteiger charge is 2.23. The smallest absolute Gasteiger partial charge is 0.243 e. The molecule has 0 aliphatic carbocycles. The zero-order valence-electron chi connectivity index (χ0n) is 11.0. The highest BCUT2D eigenvalue weighted by molar-refractivity contribution is 9.10. The average Bonchev–Trinajstić information content (AvgIpc) is 3.10. The van der Waals surface area contributed by atoms with E-state index in [-0.39, 0.29) is 24.4 Å². The number of carbonyl (C=O) groups is 1. The molecule has 2 aromatic rings. The van der Waals surface area contributed by atoms with Gasteiger partial charge in [-0.2, -0.15) is 0 Å². The van der Waals surface area contributed by atoms with Crippen molar-refractivity contribution in [3.05, 3.63) is 28.7 Å². The molecular weight excluding hydrogens is 376 g/mol. The van der Waals surface area contributed by atoms with Crippen molar-refractivity contribution in [3.8, 4) is 10.6 Å². The molecule has 1 fully saturated rings. The van der Waals surface area contributed by atoms with Gasteiger partial charge >= 0.3 is 0 Å². The van der Waals surface area contributed by atoms with Gasteiger partial charge in [-0.3, -0.25) is 10.1 Å². The molecule has 0 radical (unpaired) electrons. The summed E-state index contributed by atoms with van der Waals surface area (Å²) in [7, 11) is 0. The lowest BCUT2D eigenvalue weighted by molar-refractivity contribution is -0.117. The van der Waals surface area contributed by atoms with Gasteiger partial charge in [-0.05, 0) is 31.5 Å². The SMILES string of the molecule is Cl.O=C(Nc1nnc(-c2cccc(Br)c2)s1)C1CCCN1. The van der Waals surface area contributed by atoms with E-state index >= 15 is 0 Å². The molecule has 1 aromatic carbocycles. The van der Waals surface area contributed by atoms with E-state index in [4.69, 9.17) is 0 Å². The molecule has 8 heteroatoms. The third-order valence-electron chi connectivity index (χ3n) is 3.10. The van der Waals surface area contributed by atoms with Crippen LogP contribution in [0, 0.1) is 0 Å². The summed E-state index contributed by atoms with van der Waals surface area (Å²) in [5.41, 5.74) is 0.983. The first-order valence-corrected chi connectivity index (χ1v) is 7.97. The molecule has 1 amide bonds. The minimum Gasteiger partial charge on any atom is -0.306 e. The van der Waals surface area contributed by atoms with E-state index in [1.807, 2.05) is 24.3 Å². The molecule has 5 nitrogen and oxygen atoms in total. The summed E-state index contributed by atoms with van der Waals surface area (Å²) in [5.74, 6) is -0.0283. The quantitative estimate of drug-likeness (QED) is 0.846. The van der Waals surface area contributed by atoms with E-state index in [0.717, 1.165) is 34.4 Å². The number of hydrogen-bond acceptors (Lipinski definition) is 5. The predicted octanol–water partition coefficient (Wildman–Crippen LogP) is 3.08. The van der Waals surface area contributed by atoms with E-state index in [9.17, 15) is 4.79 Å². The zero-order chi connectivity index (χ0) is 13.9. The van der Waals surface area contributed by atoms with Crippen LogP contribution in [0.3, 0.4) is 0 Å². The lowest BCUT2D eigenvalue weighted by Crippen LogP contribution is -2.35. The summed E-state index contributed by atoms with van der Waals surface area (Å²) in [5, 5.41) is 15.5. The topological polar surface area (TPSA) is 66.9 Å². The molecule has 1 saturated heterocycles. The Morgan fingerprint density at radius 2 is 2.29 bits per heavy atom. The van der Waals surface area contributed by atoms with Crippen LogP contribution in [0.15, 0.2) is 28.7 Å². The first kappa shape index (κ1) is 16.4. The van der Waals surface area contributed by atoms with Gasteiger partial charge in [0.05, 0.1) is 6.04 Å². The highest BCUT2D eigenvalue weighted by Crippen LogP contribution is 2.28. The van der Waals surface area contributed by atoms with E-state index in [1.54, 1.807) is 0 Å². The van der Waals surface area contributed by atoms with Crippen molar-refractivity contribution in [3.63, 3.8) is 0 Å². The van der Waals surface area contributed by atoms with Gasteiger partial charge in [0.25, 0.3) is 0 Å². The predicted molar refractivity (Wildman–Crippen MR) is 89.9 cm³/mol. The van der Waals surface area contributed by atoms with Crippen LogP contribution >= 0.6 is 39.7 Å². The van der Waals surface area contributed by atoms with Crippen molar-refractivity contribution in [2.45, 2.75) is 18.9 Å². The number of carbonyl (C=O) groups excluding carboxylic acids is 1. The third kappa shape index (κ3) is 4.00. The molecule has 1 aliphatic heterocycles. The summed E-state index contributed by atoms with van der Waals surface area (Å²) < 4.78 is 0.992. The number of anilines is 1. The molecule has 2 N–H and O–H groups in total. The van der Waals surface area contributed by atoms with Crippen LogP contribution in [-0.4, -0.2) is 28.7 Å². The maximum absolute atomic E-state index is 12.0. The van der Waals surface area contributed by atoms with Crippen LogP contribution in [0.2, 0.25) is 0 Å². The normalized spacial score (nSPS) is 17.3. The fourth-order valence-corrected chi connectivity index (χ4v) is 3.25. The van der Waals surface area contributed by atoms with Gasteiger partial charge in [0.15, 0.2) is 0 Å². The molecule has 0 bridgehead atoms. The Bertz CT molecular complexity index is 630. The Hall–Kier alpha value is -1.02. The maximum Gasteiger partial charge on any atom is 0.243 e. The Morgan fingerprint density at radius 1 is 1.43 bits per heavy atom. The molecular formula is C13H14BrClN4OS. The van der Waals surface area contributed by atoms with E-state index in [1.165, 1.54) is 11.3 Å². The molecule has 1 aromatic heterocycles. The molecule has 1 aliphatic rings.